The Balaban J connectivity index is 2.03. The Bertz CT molecular complexity index is 686. The Morgan fingerprint density at radius 3 is 2.35 bits per heavy atom. The Kier molecular flexibility index (Phi) is 3.28. The van der Waals surface area contributed by atoms with Crippen molar-refractivity contribution in [2.24, 2.45) is 0 Å². The van der Waals surface area contributed by atoms with E-state index in [0.29, 0.717) is 10.0 Å². The van der Waals surface area contributed by atoms with Gasteiger partial charge in [-0.2, -0.15) is 0 Å². The van der Waals surface area contributed by atoms with Crippen LogP contribution in [0.2, 0.25) is 10.0 Å². The minimum Gasteiger partial charge on any atom is -0.340 e. The van der Waals surface area contributed by atoms with E-state index in [1.165, 1.54) is 12.1 Å². The van der Waals surface area contributed by atoms with Crippen LogP contribution < -0.4 is 4.90 Å². The summed E-state index contributed by atoms with van der Waals surface area (Å²) in [6.45, 7) is 0.761. The van der Waals surface area contributed by atoms with Gasteiger partial charge in [0, 0.05) is 29.4 Å². The molecule has 6 heteroatoms. The monoisotopic (exact) mass is 308 g/mol. The number of non-ortho nitro benzene ring substituents is 1. The molecule has 1 heterocycles. The van der Waals surface area contributed by atoms with Gasteiger partial charge in [-0.3, -0.25) is 10.1 Å². The number of hydrogen-bond donors (Lipinski definition) is 0. The summed E-state index contributed by atoms with van der Waals surface area (Å²) in [7, 11) is 0. The highest BCUT2D eigenvalue weighted by atomic mass is 35.5. The predicted octanol–water partition coefficient (Wildman–Crippen LogP) is 4.60. The van der Waals surface area contributed by atoms with Crippen LogP contribution in [-0.4, -0.2) is 11.5 Å². The molecular formula is C14H10Cl2N2O2. The number of fused-ring (bicyclic) bond motifs is 1. The fourth-order valence-corrected chi connectivity index (χ4v) is 2.99. The topological polar surface area (TPSA) is 46.4 Å². The smallest absolute Gasteiger partial charge is 0.269 e. The first kappa shape index (κ1) is 13.2. The summed E-state index contributed by atoms with van der Waals surface area (Å²) < 4.78 is 0. The van der Waals surface area contributed by atoms with Crippen molar-refractivity contribution in [2.45, 2.75) is 6.42 Å². The molecule has 0 atom stereocenters. The predicted molar refractivity (Wildman–Crippen MR) is 80.3 cm³/mol. The second kappa shape index (κ2) is 4.96. The molecular weight excluding hydrogens is 299 g/mol. The molecule has 1 aliphatic heterocycles. The van der Waals surface area contributed by atoms with Crippen molar-refractivity contribution >= 4 is 40.3 Å². The molecule has 2 aromatic carbocycles. The first-order valence-electron chi connectivity index (χ1n) is 6.07. The Hall–Kier alpha value is -1.78. The molecule has 0 saturated heterocycles. The number of nitro groups is 1. The molecule has 0 spiro atoms. The normalized spacial score (nSPS) is 13.4. The molecule has 0 aliphatic carbocycles. The van der Waals surface area contributed by atoms with Gasteiger partial charge < -0.3 is 4.90 Å². The number of nitro benzene ring substituents is 1. The molecule has 102 valence electrons. The summed E-state index contributed by atoms with van der Waals surface area (Å²) in [5, 5.41) is 12.0. The summed E-state index contributed by atoms with van der Waals surface area (Å²) in [5.41, 5.74) is 2.87. The van der Waals surface area contributed by atoms with Crippen LogP contribution in [0.15, 0.2) is 36.4 Å². The van der Waals surface area contributed by atoms with Crippen LogP contribution in [0.1, 0.15) is 5.56 Å². The fraction of sp³-hybridized carbons (Fsp3) is 0.143. The van der Waals surface area contributed by atoms with Gasteiger partial charge in [0.05, 0.1) is 15.6 Å². The second-order valence-electron chi connectivity index (χ2n) is 4.53. The lowest BCUT2D eigenvalue weighted by atomic mass is 10.1. The van der Waals surface area contributed by atoms with Crippen LogP contribution in [0.25, 0.3) is 0 Å². The molecule has 0 amide bonds. The van der Waals surface area contributed by atoms with E-state index in [2.05, 4.69) is 0 Å². The SMILES string of the molecule is O=[N+]([O-])c1ccc(N2CCc3c(Cl)ccc(Cl)c32)cc1. The van der Waals surface area contributed by atoms with Crippen molar-refractivity contribution in [3.05, 3.63) is 62.1 Å². The molecule has 0 N–H and O–H groups in total. The minimum atomic E-state index is -0.411. The lowest BCUT2D eigenvalue weighted by molar-refractivity contribution is -0.384. The quantitative estimate of drug-likeness (QED) is 0.602. The summed E-state index contributed by atoms with van der Waals surface area (Å²) in [4.78, 5) is 12.3. The zero-order valence-corrected chi connectivity index (χ0v) is 11.9. The van der Waals surface area contributed by atoms with Gasteiger partial charge in [-0.25, -0.2) is 0 Å². The van der Waals surface area contributed by atoms with Crippen LogP contribution in [0, 0.1) is 10.1 Å². The van der Waals surface area contributed by atoms with Gasteiger partial charge in [-0.15, -0.1) is 0 Å². The number of hydrogen-bond acceptors (Lipinski definition) is 3. The van der Waals surface area contributed by atoms with E-state index in [9.17, 15) is 10.1 Å². The van der Waals surface area contributed by atoms with Gasteiger partial charge >= 0.3 is 0 Å². The van der Waals surface area contributed by atoms with Crippen molar-refractivity contribution in [3.63, 3.8) is 0 Å². The van der Waals surface area contributed by atoms with Crippen LogP contribution in [0.3, 0.4) is 0 Å². The molecule has 0 unspecified atom stereocenters. The van der Waals surface area contributed by atoms with Gasteiger partial charge in [-0.1, -0.05) is 23.2 Å². The molecule has 0 fully saturated rings. The van der Waals surface area contributed by atoms with E-state index in [4.69, 9.17) is 23.2 Å². The van der Waals surface area contributed by atoms with Gasteiger partial charge in [0.15, 0.2) is 0 Å². The standard InChI is InChI=1S/C14H10Cl2N2O2/c15-12-5-6-13(16)14-11(12)7-8-17(14)9-1-3-10(4-2-9)18(19)20/h1-6H,7-8H2. The molecule has 2 aromatic rings. The van der Waals surface area contributed by atoms with Gasteiger partial charge in [0.1, 0.15) is 0 Å². The van der Waals surface area contributed by atoms with E-state index in [-0.39, 0.29) is 5.69 Å². The zero-order valence-electron chi connectivity index (χ0n) is 10.3. The third-order valence-electron chi connectivity index (χ3n) is 3.40. The van der Waals surface area contributed by atoms with E-state index in [1.54, 1.807) is 24.3 Å². The molecule has 3 rings (SSSR count). The Labute approximate surface area is 125 Å². The van der Waals surface area contributed by atoms with E-state index in [0.717, 1.165) is 29.9 Å². The largest absolute Gasteiger partial charge is 0.340 e. The lowest BCUT2D eigenvalue weighted by Crippen LogP contribution is -2.13. The number of halogens is 2. The highest BCUT2D eigenvalue weighted by Gasteiger charge is 2.25. The molecule has 0 bridgehead atoms. The third kappa shape index (κ3) is 2.11. The van der Waals surface area contributed by atoms with Crippen molar-refractivity contribution in [1.82, 2.24) is 0 Å². The van der Waals surface area contributed by atoms with Gasteiger partial charge in [0.2, 0.25) is 0 Å². The number of nitrogens with zero attached hydrogens (tertiary/aromatic N) is 2. The minimum absolute atomic E-state index is 0.0744. The van der Waals surface area contributed by atoms with Crippen LogP contribution in [0.5, 0.6) is 0 Å². The summed E-state index contributed by atoms with van der Waals surface area (Å²) >= 11 is 12.4. The first-order chi connectivity index (χ1) is 9.58. The van der Waals surface area contributed by atoms with E-state index >= 15 is 0 Å². The van der Waals surface area contributed by atoms with Crippen molar-refractivity contribution in [1.29, 1.82) is 0 Å². The molecule has 4 nitrogen and oxygen atoms in total. The molecule has 0 radical (unpaired) electrons. The maximum Gasteiger partial charge on any atom is 0.269 e. The highest BCUT2D eigenvalue weighted by molar-refractivity contribution is 6.36. The van der Waals surface area contributed by atoms with Crippen molar-refractivity contribution < 1.29 is 4.92 Å². The van der Waals surface area contributed by atoms with Crippen molar-refractivity contribution in [2.75, 3.05) is 11.4 Å². The summed E-state index contributed by atoms with van der Waals surface area (Å²) in [6.07, 6.45) is 0.811. The van der Waals surface area contributed by atoms with E-state index in [1.807, 2.05) is 4.90 Å². The highest BCUT2D eigenvalue weighted by Crippen LogP contribution is 2.43. The second-order valence-corrected chi connectivity index (χ2v) is 5.35. The lowest BCUT2D eigenvalue weighted by Gasteiger charge is -2.20. The van der Waals surface area contributed by atoms with Gasteiger partial charge in [0.25, 0.3) is 5.69 Å². The van der Waals surface area contributed by atoms with Crippen LogP contribution in [0.4, 0.5) is 17.1 Å². The maximum atomic E-state index is 10.7. The van der Waals surface area contributed by atoms with Crippen LogP contribution >= 0.6 is 23.2 Å². The van der Waals surface area contributed by atoms with Gasteiger partial charge in [-0.05, 0) is 36.2 Å². The summed E-state index contributed by atoms with van der Waals surface area (Å²) in [6, 6.07) is 10.0. The zero-order chi connectivity index (χ0) is 14.3. The Morgan fingerprint density at radius 1 is 1.05 bits per heavy atom. The molecule has 20 heavy (non-hydrogen) atoms. The molecule has 0 aromatic heterocycles. The molecule has 0 saturated carbocycles. The van der Waals surface area contributed by atoms with E-state index < -0.39 is 4.92 Å². The van der Waals surface area contributed by atoms with Crippen LogP contribution in [-0.2, 0) is 6.42 Å². The summed E-state index contributed by atoms with van der Waals surface area (Å²) in [5.74, 6) is 0. The first-order valence-corrected chi connectivity index (χ1v) is 6.82. The average Bonchev–Trinajstić information content (AvgIpc) is 2.89. The van der Waals surface area contributed by atoms with Crippen molar-refractivity contribution in [3.8, 4) is 0 Å². The number of benzene rings is 2. The molecule has 1 aliphatic rings. The maximum absolute atomic E-state index is 10.7. The third-order valence-corrected chi connectivity index (χ3v) is 4.06. The Morgan fingerprint density at radius 2 is 1.70 bits per heavy atom. The fourth-order valence-electron chi connectivity index (χ4n) is 2.46. The number of rotatable bonds is 2. The average molecular weight is 309 g/mol. The number of anilines is 2.